The van der Waals surface area contributed by atoms with E-state index in [9.17, 15) is 0 Å². The molecule has 0 aliphatic carbocycles. The van der Waals surface area contributed by atoms with Gasteiger partial charge in [-0.15, -0.1) is 0 Å². The summed E-state index contributed by atoms with van der Waals surface area (Å²) >= 11 is 0. The molecule has 2 aromatic carbocycles. The summed E-state index contributed by atoms with van der Waals surface area (Å²) in [7, 11) is 0. The van der Waals surface area contributed by atoms with Crippen LogP contribution in [0.5, 0.6) is 0 Å². The lowest BCUT2D eigenvalue weighted by Gasteiger charge is -2.05. The van der Waals surface area contributed by atoms with Crippen LogP contribution in [0.4, 0.5) is 5.69 Å². The largest absolute Gasteiger partial charge is 0.362 e. The highest BCUT2D eigenvalue weighted by Gasteiger charge is 1.96. The highest BCUT2D eigenvalue weighted by atomic mass is 14.8. The minimum absolute atomic E-state index is 1.05. The molecule has 0 atom stereocenters. The van der Waals surface area contributed by atoms with Crippen molar-refractivity contribution >= 4 is 16.5 Å². The average Bonchev–Trinajstić information content (AvgIpc) is 2.30. The number of hydrogen-bond acceptors (Lipinski definition) is 1. The summed E-state index contributed by atoms with van der Waals surface area (Å²) in [6.45, 7) is 2.13. The van der Waals surface area contributed by atoms with Crippen LogP contribution in [0.3, 0.4) is 0 Å². The number of anilines is 1. The van der Waals surface area contributed by atoms with Gasteiger partial charge >= 0.3 is 0 Å². The fraction of sp³-hybridized carbons (Fsp3) is 0.143. The second-order valence-electron chi connectivity index (χ2n) is 3.48. The Bertz CT molecular complexity index is 466. The van der Waals surface area contributed by atoms with Gasteiger partial charge in [-0.2, -0.15) is 0 Å². The van der Waals surface area contributed by atoms with Gasteiger partial charge in [0.1, 0.15) is 0 Å². The maximum absolute atomic E-state index is 3.31. The van der Waals surface area contributed by atoms with E-state index >= 15 is 0 Å². The van der Waals surface area contributed by atoms with E-state index in [-0.39, 0.29) is 0 Å². The summed E-state index contributed by atoms with van der Waals surface area (Å²) in [5.41, 5.74) is 1.16. The van der Waals surface area contributed by atoms with Gasteiger partial charge in [-0.3, -0.25) is 0 Å². The lowest BCUT2D eigenvalue weighted by molar-refractivity contribution is 1.22. The Hall–Kier alpha value is -1.76. The third-order valence-corrected chi connectivity index (χ3v) is 2.38. The van der Waals surface area contributed by atoms with Crippen LogP contribution in [-0.4, -0.2) is 0 Å². The summed E-state index contributed by atoms with van der Waals surface area (Å²) in [6, 6.07) is 14.7. The van der Waals surface area contributed by atoms with E-state index in [1.807, 2.05) is 6.20 Å². The third-order valence-electron chi connectivity index (χ3n) is 2.38. The number of rotatable bonds is 3. The number of fused-ring (bicyclic) bond motifs is 1. The summed E-state index contributed by atoms with van der Waals surface area (Å²) in [5.74, 6) is 0. The van der Waals surface area contributed by atoms with E-state index < -0.39 is 0 Å². The first-order chi connectivity index (χ1) is 7.42. The van der Waals surface area contributed by atoms with Gasteiger partial charge in [0.15, 0.2) is 0 Å². The first-order valence-electron chi connectivity index (χ1n) is 5.31. The predicted octanol–water partition coefficient (Wildman–Crippen LogP) is 4.18. The molecule has 0 fully saturated rings. The zero-order chi connectivity index (χ0) is 10.5. The minimum atomic E-state index is 1.05. The zero-order valence-electron chi connectivity index (χ0n) is 8.90. The van der Waals surface area contributed by atoms with Crippen molar-refractivity contribution in [1.82, 2.24) is 0 Å². The van der Waals surface area contributed by atoms with Crippen LogP contribution in [0.1, 0.15) is 13.3 Å². The second-order valence-corrected chi connectivity index (χ2v) is 3.48. The van der Waals surface area contributed by atoms with Crippen molar-refractivity contribution in [3.8, 4) is 0 Å². The van der Waals surface area contributed by atoms with Crippen LogP contribution in [-0.2, 0) is 0 Å². The third kappa shape index (κ3) is 2.18. The molecule has 1 nitrogen and oxygen atoms in total. The SMILES string of the molecule is CCC=CNc1cccc2ccccc12. The van der Waals surface area contributed by atoms with Crippen molar-refractivity contribution < 1.29 is 0 Å². The Morgan fingerprint density at radius 1 is 1.07 bits per heavy atom. The van der Waals surface area contributed by atoms with Gasteiger partial charge in [-0.25, -0.2) is 0 Å². The van der Waals surface area contributed by atoms with Crippen LogP contribution in [0.2, 0.25) is 0 Å². The monoisotopic (exact) mass is 197 g/mol. The summed E-state index contributed by atoms with van der Waals surface area (Å²) in [6.07, 6.45) is 5.17. The van der Waals surface area contributed by atoms with E-state index in [1.54, 1.807) is 0 Å². The van der Waals surface area contributed by atoms with E-state index in [1.165, 1.54) is 10.8 Å². The molecule has 0 amide bonds. The fourth-order valence-corrected chi connectivity index (χ4v) is 1.62. The lowest BCUT2D eigenvalue weighted by Crippen LogP contribution is -1.88. The molecule has 1 N–H and O–H groups in total. The average molecular weight is 197 g/mol. The molecule has 0 bridgehead atoms. The van der Waals surface area contributed by atoms with Crippen LogP contribution in [0.15, 0.2) is 54.7 Å². The highest BCUT2D eigenvalue weighted by Crippen LogP contribution is 2.22. The quantitative estimate of drug-likeness (QED) is 0.778. The number of allylic oxidation sites excluding steroid dienone is 1. The maximum Gasteiger partial charge on any atom is 0.0459 e. The fourth-order valence-electron chi connectivity index (χ4n) is 1.62. The Morgan fingerprint density at radius 2 is 1.87 bits per heavy atom. The Morgan fingerprint density at radius 3 is 2.73 bits per heavy atom. The summed E-state index contributed by atoms with van der Waals surface area (Å²) < 4.78 is 0. The van der Waals surface area contributed by atoms with Crippen molar-refractivity contribution in [2.24, 2.45) is 0 Å². The standard InChI is InChI=1S/C14H15N/c1-2-3-11-15-14-10-6-8-12-7-4-5-9-13(12)14/h3-11,15H,2H2,1H3. The van der Waals surface area contributed by atoms with Gasteiger partial charge in [-0.1, -0.05) is 49.4 Å². The molecular weight excluding hydrogens is 182 g/mol. The maximum atomic E-state index is 3.31. The predicted molar refractivity (Wildman–Crippen MR) is 67.0 cm³/mol. The van der Waals surface area contributed by atoms with Crippen LogP contribution in [0, 0.1) is 0 Å². The Balaban J connectivity index is 2.38. The first kappa shape index (κ1) is 9.78. The molecule has 0 heterocycles. The van der Waals surface area contributed by atoms with Gasteiger partial charge in [0.2, 0.25) is 0 Å². The van der Waals surface area contributed by atoms with Crippen molar-refractivity contribution in [3.63, 3.8) is 0 Å². The van der Waals surface area contributed by atoms with Crippen LogP contribution >= 0.6 is 0 Å². The van der Waals surface area contributed by atoms with E-state index in [4.69, 9.17) is 0 Å². The number of hydrogen-bond donors (Lipinski definition) is 1. The van der Waals surface area contributed by atoms with Crippen molar-refractivity contribution in [2.75, 3.05) is 5.32 Å². The second kappa shape index (κ2) is 4.65. The van der Waals surface area contributed by atoms with Crippen LogP contribution in [0.25, 0.3) is 10.8 Å². The molecule has 0 aliphatic rings. The molecule has 0 radical (unpaired) electrons. The molecule has 0 aliphatic heterocycles. The molecule has 15 heavy (non-hydrogen) atoms. The van der Waals surface area contributed by atoms with Crippen LogP contribution < -0.4 is 5.32 Å². The summed E-state index contributed by atoms with van der Waals surface area (Å²) in [4.78, 5) is 0. The van der Waals surface area contributed by atoms with Gasteiger partial charge < -0.3 is 5.32 Å². The van der Waals surface area contributed by atoms with E-state index in [0.717, 1.165) is 12.1 Å². The smallest absolute Gasteiger partial charge is 0.0459 e. The number of benzene rings is 2. The Labute approximate surface area is 90.4 Å². The first-order valence-corrected chi connectivity index (χ1v) is 5.31. The van der Waals surface area contributed by atoms with Gasteiger partial charge in [-0.05, 0) is 24.1 Å². The molecule has 1 heteroatoms. The van der Waals surface area contributed by atoms with Gasteiger partial charge in [0, 0.05) is 11.1 Å². The minimum Gasteiger partial charge on any atom is -0.362 e. The van der Waals surface area contributed by atoms with Crippen molar-refractivity contribution in [1.29, 1.82) is 0 Å². The van der Waals surface area contributed by atoms with Gasteiger partial charge in [0.05, 0.1) is 0 Å². The Kier molecular flexibility index (Phi) is 3.03. The molecule has 0 unspecified atom stereocenters. The molecule has 0 spiro atoms. The number of nitrogens with one attached hydrogen (secondary N) is 1. The zero-order valence-corrected chi connectivity index (χ0v) is 8.90. The normalized spacial score (nSPS) is 11.0. The summed E-state index contributed by atoms with van der Waals surface area (Å²) in [5, 5.41) is 5.84. The molecule has 0 saturated heterocycles. The topological polar surface area (TPSA) is 12.0 Å². The van der Waals surface area contributed by atoms with Crippen molar-refractivity contribution in [2.45, 2.75) is 13.3 Å². The molecule has 2 rings (SSSR count). The van der Waals surface area contributed by atoms with Gasteiger partial charge in [0.25, 0.3) is 0 Å². The molecule has 2 aromatic rings. The highest BCUT2D eigenvalue weighted by molar-refractivity contribution is 5.94. The molecule has 76 valence electrons. The van der Waals surface area contributed by atoms with E-state index in [0.29, 0.717) is 0 Å². The van der Waals surface area contributed by atoms with E-state index in [2.05, 4.69) is 60.8 Å². The lowest BCUT2D eigenvalue weighted by atomic mass is 10.1. The molecule has 0 saturated carbocycles. The molecule has 0 aromatic heterocycles. The van der Waals surface area contributed by atoms with Crippen molar-refractivity contribution in [3.05, 3.63) is 54.7 Å². The molecular formula is C14H15N.